The van der Waals surface area contributed by atoms with Gasteiger partial charge in [-0.1, -0.05) is 11.6 Å². The van der Waals surface area contributed by atoms with Crippen molar-refractivity contribution in [2.45, 2.75) is 32.1 Å². The van der Waals surface area contributed by atoms with Crippen LogP contribution in [0.1, 0.15) is 20.8 Å². The highest BCUT2D eigenvalue weighted by atomic mass is 32.2. The lowest BCUT2D eigenvalue weighted by Gasteiger charge is -2.23. The first-order valence-electron chi connectivity index (χ1n) is 11.9. The van der Waals surface area contributed by atoms with Crippen molar-refractivity contribution in [3.05, 3.63) is 42.2 Å². The monoisotopic (exact) mass is 572 g/mol. The number of aromatic nitrogens is 5. The second kappa shape index (κ2) is 13.1. The van der Waals surface area contributed by atoms with Crippen molar-refractivity contribution >= 4 is 28.5 Å². The third-order valence-corrected chi connectivity index (χ3v) is 7.28. The van der Waals surface area contributed by atoms with Crippen molar-refractivity contribution in [3.8, 4) is 34.7 Å². The second-order valence-electron chi connectivity index (χ2n) is 8.48. The van der Waals surface area contributed by atoms with Crippen LogP contribution in [0.2, 0.25) is 0 Å². The summed E-state index contributed by atoms with van der Waals surface area (Å²) in [7, 11) is 1.51. The molecule has 0 aliphatic rings. The number of hydrogen-bond acceptors (Lipinski definition) is 11. The van der Waals surface area contributed by atoms with Gasteiger partial charge in [0.15, 0.2) is 17.3 Å². The summed E-state index contributed by atoms with van der Waals surface area (Å²) in [6.07, 6.45) is 1.98. The van der Waals surface area contributed by atoms with Crippen LogP contribution in [0, 0.1) is 0 Å². The smallest absolute Gasteiger partial charge is 0.243 e. The van der Waals surface area contributed by atoms with Gasteiger partial charge < -0.3 is 18.9 Å². The number of nitrogens with zero attached hydrogens (tertiary/aromatic N) is 7. The molecule has 0 saturated heterocycles. The van der Waals surface area contributed by atoms with Crippen molar-refractivity contribution in [2.24, 2.45) is 9.98 Å². The van der Waals surface area contributed by atoms with Crippen LogP contribution in [-0.2, 0) is 14.8 Å². The molecule has 0 aliphatic heterocycles. The summed E-state index contributed by atoms with van der Waals surface area (Å²) >= 11 is 0. The van der Waals surface area contributed by atoms with Crippen LogP contribution in [0.4, 0.5) is 5.95 Å². The topological polar surface area (TPSA) is 164 Å². The standard InChI is InChI=1S/C25H32N8O6S/c1-15(2)14-28-22(26-4)21(38-7)16(3)40(34,35)32-25-31-30-23(17-10-9-11-19(29-17)37-6)33(25)20-18(36-5)12-13-27-24(20)39-8/h9-14,16,21H,4H2,1-3,5-8H3,(H,31,32)/t16-,21-/m0/s1. The van der Waals surface area contributed by atoms with Gasteiger partial charge in [0.25, 0.3) is 0 Å². The molecule has 40 heavy (non-hydrogen) atoms. The molecule has 1 N–H and O–H groups in total. The maximum atomic E-state index is 13.7. The lowest BCUT2D eigenvalue weighted by atomic mass is 10.2. The van der Waals surface area contributed by atoms with E-state index in [1.807, 2.05) is 13.8 Å². The van der Waals surface area contributed by atoms with E-state index in [4.69, 9.17) is 18.9 Å². The molecule has 2 atom stereocenters. The van der Waals surface area contributed by atoms with Gasteiger partial charge in [-0.3, -0.25) is 9.29 Å². The van der Waals surface area contributed by atoms with Crippen LogP contribution in [0.5, 0.6) is 17.5 Å². The molecule has 0 aliphatic carbocycles. The molecule has 3 heterocycles. The summed E-state index contributed by atoms with van der Waals surface area (Å²) in [5.74, 6) is 0.830. The normalized spacial score (nSPS) is 13.2. The summed E-state index contributed by atoms with van der Waals surface area (Å²) in [5, 5.41) is 7.19. The minimum absolute atomic E-state index is 0.0971. The Balaban J connectivity index is 2.20. The van der Waals surface area contributed by atoms with Crippen molar-refractivity contribution in [2.75, 3.05) is 33.2 Å². The Morgan fingerprint density at radius 3 is 2.45 bits per heavy atom. The van der Waals surface area contributed by atoms with E-state index in [0.29, 0.717) is 17.3 Å². The molecule has 3 aromatic heterocycles. The molecule has 0 fully saturated rings. The SMILES string of the molecule is C=NC(=NC=C(C)C)[C@@H](OC)[C@H](C)S(=O)(=O)Nc1nnc(-c2cccc(OC)n2)n1-c1c(OC)ccnc1OC. The molecule has 0 amide bonds. The maximum absolute atomic E-state index is 13.7. The molecule has 0 aromatic carbocycles. The van der Waals surface area contributed by atoms with E-state index < -0.39 is 21.4 Å². The van der Waals surface area contributed by atoms with Gasteiger partial charge in [0, 0.05) is 31.6 Å². The van der Waals surface area contributed by atoms with Gasteiger partial charge in [-0.15, -0.1) is 10.2 Å². The van der Waals surface area contributed by atoms with Crippen LogP contribution in [0.3, 0.4) is 0 Å². The largest absolute Gasteiger partial charge is 0.494 e. The van der Waals surface area contributed by atoms with E-state index in [1.165, 1.54) is 46.1 Å². The van der Waals surface area contributed by atoms with Gasteiger partial charge >= 0.3 is 0 Å². The molecular weight excluding hydrogens is 540 g/mol. The fourth-order valence-corrected chi connectivity index (χ4v) is 4.74. The average molecular weight is 573 g/mol. The maximum Gasteiger partial charge on any atom is 0.243 e. The third kappa shape index (κ3) is 6.43. The van der Waals surface area contributed by atoms with E-state index in [2.05, 4.69) is 41.6 Å². The Morgan fingerprint density at radius 1 is 1.10 bits per heavy atom. The highest BCUT2D eigenvalue weighted by molar-refractivity contribution is 7.93. The fraction of sp³-hybridized carbons (Fsp3) is 0.360. The molecule has 15 heteroatoms. The van der Waals surface area contributed by atoms with Crippen LogP contribution in [0.15, 0.2) is 52.2 Å². The highest BCUT2D eigenvalue weighted by Crippen LogP contribution is 2.36. The number of aliphatic imine (C=N–C) groups is 2. The lowest BCUT2D eigenvalue weighted by Crippen LogP contribution is -2.41. The summed E-state index contributed by atoms with van der Waals surface area (Å²) in [5.41, 5.74) is 1.46. The molecule has 3 rings (SSSR count). The van der Waals surface area contributed by atoms with Crippen molar-refractivity contribution in [3.63, 3.8) is 0 Å². The van der Waals surface area contributed by atoms with E-state index in [0.717, 1.165) is 5.57 Å². The first-order valence-corrected chi connectivity index (χ1v) is 13.4. The van der Waals surface area contributed by atoms with Crippen molar-refractivity contribution in [1.82, 2.24) is 24.7 Å². The average Bonchev–Trinajstić information content (AvgIpc) is 3.36. The number of anilines is 1. The number of pyridine rings is 2. The van der Waals surface area contributed by atoms with E-state index >= 15 is 0 Å². The number of methoxy groups -OCH3 is 4. The summed E-state index contributed by atoms with van der Waals surface area (Å²) in [4.78, 5) is 16.8. The molecule has 0 saturated carbocycles. The highest BCUT2D eigenvalue weighted by Gasteiger charge is 2.35. The molecular formula is C25H32N8O6S. The predicted octanol–water partition coefficient (Wildman–Crippen LogP) is 2.92. The molecule has 0 bridgehead atoms. The van der Waals surface area contributed by atoms with Gasteiger partial charge in [-0.05, 0) is 33.6 Å². The number of rotatable bonds is 12. The Bertz CT molecular complexity index is 1490. The van der Waals surface area contributed by atoms with Crippen molar-refractivity contribution < 1.29 is 27.4 Å². The Kier molecular flexibility index (Phi) is 9.90. The van der Waals surface area contributed by atoms with Gasteiger partial charge in [0.1, 0.15) is 22.8 Å². The van der Waals surface area contributed by atoms with E-state index in [9.17, 15) is 8.42 Å². The quantitative estimate of drug-likeness (QED) is 0.252. The van der Waals surface area contributed by atoms with Crippen LogP contribution in [-0.4, -0.2) is 85.5 Å². The number of sulfonamides is 1. The van der Waals surface area contributed by atoms with Gasteiger partial charge in [-0.2, -0.15) is 0 Å². The minimum atomic E-state index is -4.20. The Morgan fingerprint density at radius 2 is 1.85 bits per heavy atom. The molecule has 0 spiro atoms. The number of nitrogens with one attached hydrogen (secondary N) is 1. The molecule has 0 radical (unpaired) electrons. The second-order valence-corrected chi connectivity index (χ2v) is 10.5. The number of hydrogen-bond donors (Lipinski definition) is 1. The Hall–Kier alpha value is -4.37. The first kappa shape index (κ1) is 30.2. The minimum Gasteiger partial charge on any atom is -0.494 e. The van der Waals surface area contributed by atoms with Gasteiger partial charge in [0.05, 0.1) is 21.3 Å². The molecule has 14 nitrogen and oxygen atoms in total. The predicted molar refractivity (Wildman–Crippen MR) is 151 cm³/mol. The molecule has 0 unspecified atom stereocenters. The van der Waals surface area contributed by atoms with Crippen LogP contribution in [0.25, 0.3) is 17.2 Å². The van der Waals surface area contributed by atoms with Crippen LogP contribution >= 0.6 is 0 Å². The van der Waals surface area contributed by atoms with Crippen LogP contribution < -0.4 is 18.9 Å². The van der Waals surface area contributed by atoms with E-state index in [1.54, 1.807) is 30.5 Å². The van der Waals surface area contributed by atoms with Crippen molar-refractivity contribution in [1.29, 1.82) is 0 Å². The number of allylic oxidation sites excluding steroid dienone is 1. The first-order chi connectivity index (χ1) is 19.1. The Labute approximate surface area is 232 Å². The zero-order valence-corrected chi connectivity index (χ0v) is 24.1. The fourth-order valence-electron chi connectivity index (χ4n) is 3.61. The lowest BCUT2D eigenvalue weighted by molar-refractivity contribution is 0.154. The summed E-state index contributed by atoms with van der Waals surface area (Å²) in [6.45, 7) is 8.66. The summed E-state index contributed by atoms with van der Waals surface area (Å²) in [6, 6.07) is 6.63. The van der Waals surface area contributed by atoms with Gasteiger partial charge in [-0.25, -0.2) is 28.4 Å². The van der Waals surface area contributed by atoms with E-state index in [-0.39, 0.29) is 29.2 Å². The molecule has 3 aromatic rings. The number of ether oxygens (including phenoxy) is 4. The third-order valence-electron chi connectivity index (χ3n) is 5.59. The van der Waals surface area contributed by atoms with Gasteiger partial charge in [0.2, 0.25) is 27.7 Å². The number of amidine groups is 1. The molecule has 214 valence electrons. The zero-order chi connectivity index (χ0) is 29.4. The summed E-state index contributed by atoms with van der Waals surface area (Å²) < 4.78 is 53.0. The zero-order valence-electron chi connectivity index (χ0n) is 23.3.